The second kappa shape index (κ2) is 9.66. The molecule has 0 aliphatic rings. The molecule has 0 radical (unpaired) electrons. The first-order valence-electron chi connectivity index (χ1n) is 10.7. The summed E-state index contributed by atoms with van der Waals surface area (Å²) in [5.74, 6) is 0.0234. The molecule has 4 aromatic rings. The van der Waals surface area contributed by atoms with Gasteiger partial charge in [0.15, 0.2) is 0 Å². The maximum Gasteiger partial charge on any atom is 0.305 e. The number of ether oxygens (including phenoxy) is 1. The van der Waals surface area contributed by atoms with Gasteiger partial charge in [-0.2, -0.15) is 5.10 Å². The van der Waals surface area contributed by atoms with Crippen molar-refractivity contribution in [3.05, 3.63) is 84.2 Å². The Morgan fingerprint density at radius 3 is 2.81 bits per heavy atom. The molecular weight excluding hydrogens is 402 g/mol. The second-order valence-electron chi connectivity index (χ2n) is 7.88. The first-order chi connectivity index (χ1) is 15.5. The van der Waals surface area contributed by atoms with Crippen LogP contribution in [0.3, 0.4) is 0 Å². The predicted octanol–water partition coefficient (Wildman–Crippen LogP) is 5.04. The van der Waals surface area contributed by atoms with Crippen LogP contribution in [0.15, 0.2) is 73.1 Å². The number of carboxylic acid groups (broad SMARTS) is 1. The van der Waals surface area contributed by atoms with Crippen molar-refractivity contribution < 1.29 is 14.6 Å². The van der Waals surface area contributed by atoms with Crippen molar-refractivity contribution in [3.8, 4) is 16.9 Å². The summed E-state index contributed by atoms with van der Waals surface area (Å²) in [6.45, 7) is 3.24. The fourth-order valence-corrected chi connectivity index (χ4v) is 3.83. The smallest absolute Gasteiger partial charge is 0.305 e. The lowest BCUT2D eigenvalue weighted by atomic mass is 9.95. The fourth-order valence-electron chi connectivity index (χ4n) is 3.83. The minimum atomic E-state index is -0.828. The van der Waals surface area contributed by atoms with E-state index in [1.54, 1.807) is 11.8 Å². The molecule has 6 heteroatoms. The number of methoxy groups -OCH3 is 1. The molecule has 0 amide bonds. The molecule has 0 bridgehead atoms. The summed E-state index contributed by atoms with van der Waals surface area (Å²) in [5.41, 5.74) is 4.42. The molecule has 1 unspecified atom stereocenters. The van der Waals surface area contributed by atoms with Crippen LogP contribution in [0.5, 0.6) is 5.75 Å². The van der Waals surface area contributed by atoms with E-state index in [4.69, 9.17) is 9.84 Å². The highest BCUT2D eigenvalue weighted by molar-refractivity contribution is 5.97. The number of hydrogen-bond donors (Lipinski definition) is 2. The molecule has 164 valence electrons. The number of hydrogen-bond acceptors (Lipinski definition) is 4. The van der Waals surface area contributed by atoms with Crippen molar-refractivity contribution in [1.82, 2.24) is 15.1 Å². The normalized spacial score (nSPS) is 12.1. The Labute approximate surface area is 187 Å². The molecule has 2 N–H and O–H groups in total. The average molecular weight is 430 g/mol. The molecular formula is C26H27N3O3. The van der Waals surface area contributed by atoms with Gasteiger partial charge in [-0.1, -0.05) is 36.4 Å². The van der Waals surface area contributed by atoms with Gasteiger partial charge >= 0.3 is 5.97 Å². The van der Waals surface area contributed by atoms with E-state index in [9.17, 15) is 4.79 Å². The minimum absolute atomic E-state index is 0.0487. The summed E-state index contributed by atoms with van der Waals surface area (Å²) in [6, 6.07) is 20.9. The monoisotopic (exact) mass is 429 g/mol. The third-order valence-corrected chi connectivity index (χ3v) is 5.63. The molecule has 1 atom stereocenters. The van der Waals surface area contributed by atoms with Gasteiger partial charge in [0.2, 0.25) is 0 Å². The number of aryl methyl sites for hydroxylation is 1. The van der Waals surface area contributed by atoms with Crippen molar-refractivity contribution in [1.29, 1.82) is 0 Å². The van der Waals surface area contributed by atoms with E-state index in [-0.39, 0.29) is 12.5 Å². The number of rotatable bonds is 9. The molecule has 0 aliphatic carbocycles. The van der Waals surface area contributed by atoms with Gasteiger partial charge in [-0.05, 0) is 58.7 Å². The summed E-state index contributed by atoms with van der Waals surface area (Å²) >= 11 is 0. The third kappa shape index (κ3) is 4.98. The number of nitrogens with one attached hydrogen (secondary N) is 1. The molecule has 0 saturated heterocycles. The fraction of sp³-hybridized carbons (Fsp3) is 0.231. The number of aliphatic carboxylic acids is 1. The Hall–Kier alpha value is -3.64. The third-order valence-electron chi connectivity index (χ3n) is 5.63. The van der Waals surface area contributed by atoms with Gasteiger partial charge in [0.25, 0.3) is 0 Å². The van der Waals surface area contributed by atoms with Crippen LogP contribution in [0.4, 0.5) is 0 Å². The Morgan fingerprint density at radius 1 is 1.16 bits per heavy atom. The van der Waals surface area contributed by atoms with Crippen molar-refractivity contribution >= 4 is 16.7 Å². The lowest BCUT2D eigenvalue weighted by Crippen LogP contribution is -2.18. The highest BCUT2D eigenvalue weighted by Gasteiger charge is 2.13. The first kappa shape index (κ1) is 21.6. The molecule has 0 aliphatic heterocycles. The Kier molecular flexibility index (Phi) is 6.52. The van der Waals surface area contributed by atoms with Crippen LogP contribution < -0.4 is 10.1 Å². The van der Waals surface area contributed by atoms with Crippen LogP contribution in [0.25, 0.3) is 21.9 Å². The van der Waals surface area contributed by atoms with E-state index >= 15 is 0 Å². The molecule has 3 aromatic carbocycles. The Bertz CT molecular complexity index is 1230. The molecule has 0 fully saturated rings. The maximum absolute atomic E-state index is 10.9. The standard InChI is InChI=1S/C26H27N3O3/c1-18(27-15-19-6-5-8-23(12-19)32-2)21-13-20-7-3-4-9-24(20)25(14-21)22-16-28-29(17-22)11-10-26(30)31/h3-9,12-14,16-18,27H,10-11,15H2,1-2H3,(H,30,31). The first-order valence-corrected chi connectivity index (χ1v) is 10.7. The van der Waals surface area contributed by atoms with E-state index in [0.717, 1.165) is 39.8 Å². The number of carboxylic acids is 1. The SMILES string of the molecule is COc1cccc(CNC(C)c2cc(-c3cnn(CCC(=O)O)c3)c3ccccc3c2)c1. The van der Waals surface area contributed by atoms with Crippen LogP contribution in [0, 0.1) is 0 Å². The van der Waals surface area contributed by atoms with Gasteiger partial charge in [-0.25, -0.2) is 0 Å². The van der Waals surface area contributed by atoms with Gasteiger partial charge in [-0.3, -0.25) is 9.48 Å². The summed E-state index contributed by atoms with van der Waals surface area (Å²) in [4.78, 5) is 10.9. The largest absolute Gasteiger partial charge is 0.497 e. The van der Waals surface area contributed by atoms with E-state index in [0.29, 0.717) is 6.54 Å². The van der Waals surface area contributed by atoms with E-state index in [2.05, 4.69) is 47.7 Å². The maximum atomic E-state index is 10.9. The molecule has 6 nitrogen and oxygen atoms in total. The number of benzene rings is 3. The van der Waals surface area contributed by atoms with E-state index < -0.39 is 5.97 Å². The molecule has 0 saturated carbocycles. The molecule has 0 spiro atoms. The Morgan fingerprint density at radius 2 is 2.00 bits per heavy atom. The van der Waals surface area contributed by atoms with Gasteiger partial charge in [0.05, 0.1) is 26.3 Å². The second-order valence-corrected chi connectivity index (χ2v) is 7.88. The van der Waals surface area contributed by atoms with Gasteiger partial charge in [-0.15, -0.1) is 0 Å². The highest BCUT2D eigenvalue weighted by atomic mass is 16.5. The molecule has 1 aromatic heterocycles. The zero-order chi connectivity index (χ0) is 22.5. The lowest BCUT2D eigenvalue weighted by molar-refractivity contribution is -0.137. The van der Waals surface area contributed by atoms with Crippen LogP contribution in [0.2, 0.25) is 0 Å². The van der Waals surface area contributed by atoms with Crippen molar-refractivity contribution in [3.63, 3.8) is 0 Å². The van der Waals surface area contributed by atoms with Gasteiger partial charge in [0.1, 0.15) is 5.75 Å². The highest BCUT2D eigenvalue weighted by Crippen LogP contribution is 2.32. The van der Waals surface area contributed by atoms with Crippen LogP contribution in [-0.2, 0) is 17.9 Å². The van der Waals surface area contributed by atoms with Crippen molar-refractivity contribution in [2.45, 2.75) is 32.5 Å². The summed E-state index contributed by atoms with van der Waals surface area (Å²) in [6.07, 6.45) is 3.78. The van der Waals surface area contributed by atoms with Crippen molar-refractivity contribution in [2.75, 3.05) is 7.11 Å². The molecule has 1 heterocycles. The lowest BCUT2D eigenvalue weighted by Gasteiger charge is -2.17. The number of fused-ring (bicyclic) bond motifs is 1. The van der Waals surface area contributed by atoms with Crippen LogP contribution >= 0.6 is 0 Å². The van der Waals surface area contributed by atoms with Crippen LogP contribution in [0.1, 0.15) is 30.5 Å². The van der Waals surface area contributed by atoms with Crippen molar-refractivity contribution in [2.24, 2.45) is 0 Å². The zero-order valence-electron chi connectivity index (χ0n) is 18.3. The minimum Gasteiger partial charge on any atom is -0.497 e. The summed E-state index contributed by atoms with van der Waals surface area (Å²) in [5, 5.41) is 19.2. The van der Waals surface area contributed by atoms with Crippen LogP contribution in [-0.4, -0.2) is 28.0 Å². The average Bonchev–Trinajstić information content (AvgIpc) is 3.29. The van der Waals surface area contributed by atoms with E-state index in [1.807, 2.05) is 42.7 Å². The topological polar surface area (TPSA) is 76.4 Å². The number of carbonyl (C=O) groups is 1. The summed E-state index contributed by atoms with van der Waals surface area (Å²) in [7, 11) is 1.68. The summed E-state index contributed by atoms with van der Waals surface area (Å²) < 4.78 is 7.01. The molecule has 4 rings (SSSR count). The number of nitrogens with zero attached hydrogens (tertiary/aromatic N) is 2. The van der Waals surface area contributed by atoms with E-state index in [1.165, 1.54) is 5.56 Å². The Balaban J connectivity index is 1.60. The molecule has 32 heavy (non-hydrogen) atoms. The zero-order valence-corrected chi connectivity index (χ0v) is 18.3. The van der Waals surface area contributed by atoms with Gasteiger partial charge < -0.3 is 15.2 Å². The quantitative estimate of drug-likeness (QED) is 0.390. The number of aromatic nitrogens is 2. The van der Waals surface area contributed by atoms with Gasteiger partial charge in [0, 0.05) is 24.3 Å². The predicted molar refractivity (Wildman–Crippen MR) is 126 cm³/mol.